The van der Waals surface area contributed by atoms with Crippen molar-refractivity contribution in [3.63, 3.8) is 0 Å². The molecule has 3 heteroatoms. The topological polar surface area (TPSA) is 41.1 Å². The highest BCUT2D eigenvalue weighted by Gasteiger charge is 2.14. The fourth-order valence-electron chi connectivity index (χ4n) is 2.08. The highest BCUT2D eigenvalue weighted by atomic mass is 16.1. The Hall–Kier alpha value is -1.01. The lowest BCUT2D eigenvalue weighted by Gasteiger charge is -2.22. The molecule has 0 aromatic rings. The Morgan fingerprint density at radius 2 is 2.25 bits per heavy atom. The van der Waals surface area contributed by atoms with Gasteiger partial charge in [-0.05, 0) is 45.2 Å². The van der Waals surface area contributed by atoms with Crippen molar-refractivity contribution in [3.8, 4) is 12.3 Å². The van der Waals surface area contributed by atoms with Gasteiger partial charge < -0.3 is 10.6 Å². The number of rotatable bonds is 5. The summed E-state index contributed by atoms with van der Waals surface area (Å²) in [4.78, 5) is 11.6. The quantitative estimate of drug-likeness (QED) is 0.688. The zero-order chi connectivity index (χ0) is 11.8. The van der Waals surface area contributed by atoms with Gasteiger partial charge in [0.1, 0.15) is 0 Å². The van der Waals surface area contributed by atoms with Crippen LogP contribution in [0.3, 0.4) is 0 Å². The van der Waals surface area contributed by atoms with Gasteiger partial charge in [0, 0.05) is 18.9 Å². The second-order valence-electron chi connectivity index (χ2n) is 4.61. The van der Waals surface area contributed by atoms with Crippen molar-refractivity contribution in [2.45, 2.75) is 45.1 Å². The largest absolute Gasteiger partial charge is 0.353 e. The summed E-state index contributed by atoms with van der Waals surface area (Å²) in [5.74, 6) is 3.41. The Bertz CT molecular complexity index is 251. The fraction of sp³-hybridized carbons (Fsp3) is 0.769. The van der Waals surface area contributed by atoms with E-state index < -0.39 is 0 Å². The molecule has 1 aliphatic rings. The number of terminal acetylenes is 1. The normalized spacial score (nSPS) is 18.8. The van der Waals surface area contributed by atoms with Gasteiger partial charge in [-0.1, -0.05) is 0 Å². The van der Waals surface area contributed by atoms with E-state index in [2.05, 4.69) is 16.6 Å². The van der Waals surface area contributed by atoms with Gasteiger partial charge in [-0.15, -0.1) is 12.3 Å². The summed E-state index contributed by atoms with van der Waals surface area (Å²) >= 11 is 0. The predicted molar refractivity (Wildman–Crippen MR) is 65.9 cm³/mol. The Labute approximate surface area is 98.4 Å². The molecular formula is C13H22N2O. The molecule has 16 heavy (non-hydrogen) atoms. The van der Waals surface area contributed by atoms with Crippen LogP contribution in [0.2, 0.25) is 0 Å². The van der Waals surface area contributed by atoms with Gasteiger partial charge in [0.05, 0.1) is 0 Å². The van der Waals surface area contributed by atoms with Gasteiger partial charge in [0.2, 0.25) is 5.91 Å². The first-order chi connectivity index (χ1) is 7.72. The van der Waals surface area contributed by atoms with Crippen LogP contribution in [0.15, 0.2) is 0 Å². The average Bonchev–Trinajstić information content (AvgIpc) is 2.28. The molecule has 3 nitrogen and oxygen atoms in total. The lowest BCUT2D eigenvalue weighted by atomic mass is 9.93. The second kappa shape index (κ2) is 7.29. The van der Waals surface area contributed by atoms with Crippen LogP contribution in [0.25, 0.3) is 0 Å². The molecule has 0 bridgehead atoms. The molecule has 1 unspecified atom stereocenters. The van der Waals surface area contributed by atoms with Gasteiger partial charge in [-0.3, -0.25) is 4.79 Å². The third-order valence-electron chi connectivity index (χ3n) is 3.07. The Morgan fingerprint density at radius 3 is 2.88 bits per heavy atom. The summed E-state index contributed by atoms with van der Waals surface area (Å²) in [5.41, 5.74) is 0. The van der Waals surface area contributed by atoms with Crippen molar-refractivity contribution in [1.29, 1.82) is 0 Å². The summed E-state index contributed by atoms with van der Waals surface area (Å²) in [6.07, 6.45) is 9.85. The van der Waals surface area contributed by atoms with E-state index >= 15 is 0 Å². The second-order valence-corrected chi connectivity index (χ2v) is 4.61. The molecule has 1 fully saturated rings. The lowest BCUT2D eigenvalue weighted by molar-refractivity contribution is -0.122. The van der Waals surface area contributed by atoms with Crippen LogP contribution in [-0.2, 0) is 4.79 Å². The van der Waals surface area contributed by atoms with Crippen LogP contribution in [0.5, 0.6) is 0 Å². The number of amides is 1. The van der Waals surface area contributed by atoms with Gasteiger partial charge in [0.15, 0.2) is 0 Å². The molecule has 1 amide bonds. The van der Waals surface area contributed by atoms with Gasteiger partial charge in [0.25, 0.3) is 0 Å². The highest BCUT2D eigenvalue weighted by molar-refractivity contribution is 5.76. The van der Waals surface area contributed by atoms with Crippen LogP contribution >= 0.6 is 0 Å². The van der Waals surface area contributed by atoms with Crippen molar-refractivity contribution >= 4 is 5.91 Å². The van der Waals surface area contributed by atoms with Crippen molar-refractivity contribution in [3.05, 3.63) is 0 Å². The third kappa shape index (κ3) is 5.18. The number of hydrogen-bond donors (Lipinski definition) is 2. The fourth-order valence-corrected chi connectivity index (χ4v) is 2.08. The maximum absolute atomic E-state index is 11.6. The van der Waals surface area contributed by atoms with E-state index in [1.165, 1.54) is 12.8 Å². The summed E-state index contributed by atoms with van der Waals surface area (Å²) in [6, 6.07) is 0.102. The van der Waals surface area contributed by atoms with E-state index in [0.717, 1.165) is 25.4 Å². The summed E-state index contributed by atoms with van der Waals surface area (Å²) in [5, 5.41) is 6.25. The first kappa shape index (κ1) is 13.1. The monoisotopic (exact) mass is 222 g/mol. The molecule has 0 aromatic heterocycles. The molecule has 1 saturated heterocycles. The lowest BCUT2D eigenvalue weighted by Crippen LogP contribution is -2.33. The minimum absolute atomic E-state index is 0.102. The SMILES string of the molecule is C#CCC(C)NC(=O)CCC1CCNCC1. The van der Waals surface area contributed by atoms with E-state index in [0.29, 0.717) is 12.8 Å². The molecule has 0 spiro atoms. The van der Waals surface area contributed by atoms with E-state index in [4.69, 9.17) is 6.42 Å². The maximum Gasteiger partial charge on any atom is 0.220 e. The maximum atomic E-state index is 11.6. The number of piperidine rings is 1. The van der Waals surface area contributed by atoms with Crippen molar-refractivity contribution < 1.29 is 4.79 Å². The van der Waals surface area contributed by atoms with Crippen LogP contribution in [0.1, 0.15) is 39.0 Å². The molecule has 0 radical (unpaired) electrons. The Balaban J connectivity index is 2.12. The molecule has 0 aliphatic carbocycles. The zero-order valence-corrected chi connectivity index (χ0v) is 10.1. The van der Waals surface area contributed by atoms with E-state index in [-0.39, 0.29) is 11.9 Å². The molecule has 1 heterocycles. The first-order valence-electron chi connectivity index (χ1n) is 6.16. The first-order valence-corrected chi connectivity index (χ1v) is 6.16. The standard InChI is InChI=1S/C13H22N2O/c1-3-4-11(2)15-13(16)6-5-12-7-9-14-10-8-12/h1,11-12,14H,4-10H2,2H3,(H,15,16). The molecule has 1 aliphatic heterocycles. The average molecular weight is 222 g/mol. The van der Waals surface area contributed by atoms with Gasteiger partial charge in [-0.25, -0.2) is 0 Å². The van der Waals surface area contributed by atoms with E-state index in [9.17, 15) is 4.79 Å². The Morgan fingerprint density at radius 1 is 1.56 bits per heavy atom. The van der Waals surface area contributed by atoms with Crippen molar-refractivity contribution in [2.24, 2.45) is 5.92 Å². The molecular weight excluding hydrogens is 200 g/mol. The van der Waals surface area contributed by atoms with Crippen molar-refractivity contribution in [2.75, 3.05) is 13.1 Å². The van der Waals surface area contributed by atoms with Crippen LogP contribution < -0.4 is 10.6 Å². The molecule has 2 N–H and O–H groups in total. The minimum atomic E-state index is 0.102. The van der Waals surface area contributed by atoms with Crippen LogP contribution in [-0.4, -0.2) is 25.0 Å². The third-order valence-corrected chi connectivity index (χ3v) is 3.07. The summed E-state index contributed by atoms with van der Waals surface area (Å²) < 4.78 is 0. The minimum Gasteiger partial charge on any atom is -0.353 e. The number of carbonyl (C=O) groups is 1. The smallest absolute Gasteiger partial charge is 0.220 e. The number of carbonyl (C=O) groups excluding carboxylic acids is 1. The predicted octanol–water partition coefficient (Wildman–Crippen LogP) is 1.29. The number of hydrogen-bond acceptors (Lipinski definition) is 2. The highest BCUT2D eigenvalue weighted by Crippen LogP contribution is 2.17. The molecule has 0 aromatic carbocycles. The van der Waals surface area contributed by atoms with E-state index in [1.807, 2.05) is 6.92 Å². The zero-order valence-electron chi connectivity index (χ0n) is 10.1. The van der Waals surface area contributed by atoms with Crippen LogP contribution in [0.4, 0.5) is 0 Å². The van der Waals surface area contributed by atoms with Gasteiger partial charge in [-0.2, -0.15) is 0 Å². The summed E-state index contributed by atoms with van der Waals surface area (Å²) in [7, 11) is 0. The summed E-state index contributed by atoms with van der Waals surface area (Å²) in [6.45, 7) is 4.14. The molecule has 0 saturated carbocycles. The molecule has 1 rings (SSSR count). The molecule has 1 atom stereocenters. The molecule has 90 valence electrons. The Kier molecular flexibility index (Phi) is 5.95. The van der Waals surface area contributed by atoms with Gasteiger partial charge >= 0.3 is 0 Å². The van der Waals surface area contributed by atoms with Crippen LogP contribution in [0, 0.1) is 18.3 Å². The van der Waals surface area contributed by atoms with E-state index in [1.54, 1.807) is 0 Å². The van der Waals surface area contributed by atoms with Crippen molar-refractivity contribution in [1.82, 2.24) is 10.6 Å². The number of nitrogens with one attached hydrogen (secondary N) is 2.